The highest BCUT2D eigenvalue weighted by Crippen LogP contribution is 2.25. The molecule has 0 aliphatic rings. The van der Waals surface area contributed by atoms with E-state index in [1.807, 2.05) is 20.8 Å². The lowest BCUT2D eigenvalue weighted by atomic mass is 9.84. The van der Waals surface area contributed by atoms with Gasteiger partial charge in [0, 0.05) is 12.2 Å². The molecular formula is C13H20O5. The molecule has 0 fully saturated rings. The van der Waals surface area contributed by atoms with Crippen molar-refractivity contribution in [2.24, 2.45) is 5.41 Å². The van der Waals surface area contributed by atoms with Gasteiger partial charge in [-0.25, -0.2) is 9.59 Å². The van der Waals surface area contributed by atoms with Crippen LogP contribution in [-0.4, -0.2) is 37.4 Å². The van der Waals surface area contributed by atoms with Gasteiger partial charge in [0.1, 0.15) is 0 Å². The molecule has 0 aromatic rings. The molecule has 0 radical (unpaired) electrons. The molecule has 0 saturated carbocycles. The van der Waals surface area contributed by atoms with E-state index in [1.54, 1.807) is 0 Å². The molecule has 1 N–H and O–H groups in total. The van der Waals surface area contributed by atoms with Crippen molar-refractivity contribution in [1.82, 2.24) is 0 Å². The lowest BCUT2D eigenvalue weighted by molar-refractivity contribution is -0.135. The summed E-state index contributed by atoms with van der Waals surface area (Å²) in [5.41, 5.74) is -0.180. The summed E-state index contributed by atoms with van der Waals surface area (Å²) in [6, 6.07) is 0. The van der Waals surface area contributed by atoms with Crippen LogP contribution in [-0.2, 0) is 19.1 Å². The second-order valence-electron chi connectivity index (χ2n) is 4.79. The molecule has 102 valence electrons. The zero-order chi connectivity index (χ0) is 14.3. The van der Waals surface area contributed by atoms with E-state index in [0.29, 0.717) is 5.57 Å². The van der Waals surface area contributed by atoms with E-state index >= 15 is 0 Å². The summed E-state index contributed by atoms with van der Waals surface area (Å²) in [5.74, 6) is -1.16. The average molecular weight is 256 g/mol. The Kier molecular flexibility index (Phi) is 6.33. The molecular weight excluding hydrogens is 236 g/mol. The van der Waals surface area contributed by atoms with Gasteiger partial charge < -0.3 is 14.6 Å². The summed E-state index contributed by atoms with van der Waals surface area (Å²) in [4.78, 5) is 22.2. The quantitative estimate of drug-likeness (QED) is 0.465. The highest BCUT2D eigenvalue weighted by molar-refractivity contribution is 5.85. The first-order chi connectivity index (χ1) is 8.22. The Morgan fingerprint density at radius 1 is 1.06 bits per heavy atom. The van der Waals surface area contributed by atoms with Crippen molar-refractivity contribution in [3.63, 3.8) is 0 Å². The first kappa shape index (κ1) is 16.4. The molecule has 0 aliphatic heterocycles. The lowest BCUT2D eigenvalue weighted by Crippen LogP contribution is -2.28. The molecule has 18 heavy (non-hydrogen) atoms. The lowest BCUT2D eigenvalue weighted by Gasteiger charge is -2.26. The number of ether oxygens (including phenoxy) is 2. The van der Waals surface area contributed by atoms with E-state index in [-0.39, 0.29) is 0 Å². The fraction of sp³-hybridized carbons (Fsp3) is 0.538. The predicted molar refractivity (Wildman–Crippen MR) is 66.7 cm³/mol. The van der Waals surface area contributed by atoms with Gasteiger partial charge in [-0.15, -0.1) is 0 Å². The van der Waals surface area contributed by atoms with Gasteiger partial charge in [0.05, 0.1) is 20.3 Å². The normalized spacial score (nSPS) is 14.4. The van der Waals surface area contributed by atoms with Crippen LogP contribution in [0.5, 0.6) is 0 Å². The first-order valence-corrected chi connectivity index (χ1v) is 5.46. The second kappa shape index (κ2) is 6.96. The van der Waals surface area contributed by atoms with Crippen molar-refractivity contribution in [1.29, 1.82) is 0 Å². The van der Waals surface area contributed by atoms with Crippen molar-refractivity contribution in [3.05, 3.63) is 23.8 Å². The van der Waals surface area contributed by atoms with Crippen LogP contribution in [0.3, 0.4) is 0 Å². The highest BCUT2D eigenvalue weighted by atomic mass is 16.5. The topological polar surface area (TPSA) is 72.8 Å². The van der Waals surface area contributed by atoms with Crippen LogP contribution >= 0.6 is 0 Å². The van der Waals surface area contributed by atoms with Crippen LogP contribution in [0.25, 0.3) is 0 Å². The molecule has 1 atom stereocenters. The monoisotopic (exact) mass is 256 g/mol. The number of carbonyl (C=O) groups excluding carboxylic acids is 2. The number of aliphatic hydroxyl groups excluding tert-OH is 1. The van der Waals surface area contributed by atoms with Crippen LogP contribution in [0.2, 0.25) is 0 Å². The molecule has 0 aliphatic carbocycles. The minimum Gasteiger partial charge on any atom is -0.466 e. The summed E-state index contributed by atoms with van der Waals surface area (Å²) in [5, 5.41) is 10.1. The van der Waals surface area contributed by atoms with Crippen LogP contribution in [0.1, 0.15) is 20.8 Å². The van der Waals surface area contributed by atoms with Gasteiger partial charge in [0.15, 0.2) is 0 Å². The third-order valence-electron chi connectivity index (χ3n) is 2.23. The minimum atomic E-state index is -0.905. The minimum absolute atomic E-state index is 0.291. The predicted octanol–water partition coefficient (Wildman–Crippen LogP) is 1.22. The van der Waals surface area contributed by atoms with E-state index in [1.165, 1.54) is 20.3 Å². The van der Waals surface area contributed by atoms with Gasteiger partial charge in [0.25, 0.3) is 0 Å². The smallest absolute Gasteiger partial charge is 0.330 e. The van der Waals surface area contributed by atoms with Gasteiger partial charge in [-0.3, -0.25) is 0 Å². The van der Waals surface area contributed by atoms with E-state index in [4.69, 9.17) is 0 Å². The van der Waals surface area contributed by atoms with Crippen molar-refractivity contribution in [2.75, 3.05) is 14.2 Å². The van der Waals surface area contributed by atoms with E-state index in [2.05, 4.69) is 9.47 Å². The number of carbonyl (C=O) groups is 2. The Balaban J connectivity index is 5.20. The molecule has 0 bridgehead atoms. The zero-order valence-corrected chi connectivity index (χ0v) is 11.4. The third-order valence-corrected chi connectivity index (χ3v) is 2.23. The standard InChI is InChI=1S/C13H20O5/c1-13(2,3)12(16)9(8-11(15)18-5)6-7-10(14)17-4/h6-8,12,16H,1-5H3/b7-6+,9-8-. The number of aliphatic hydroxyl groups is 1. The molecule has 0 aromatic heterocycles. The Morgan fingerprint density at radius 2 is 1.56 bits per heavy atom. The third kappa shape index (κ3) is 5.63. The van der Waals surface area contributed by atoms with Gasteiger partial charge in [0.2, 0.25) is 0 Å². The SMILES string of the molecule is COC(=O)/C=C(/C=C/C(=O)OC)C(O)C(C)(C)C. The van der Waals surface area contributed by atoms with Gasteiger partial charge in [-0.05, 0) is 17.1 Å². The van der Waals surface area contributed by atoms with Crippen molar-refractivity contribution < 1.29 is 24.2 Å². The molecule has 0 rings (SSSR count). The summed E-state index contributed by atoms with van der Waals surface area (Å²) in [6.07, 6.45) is 2.73. The first-order valence-electron chi connectivity index (χ1n) is 5.46. The van der Waals surface area contributed by atoms with Gasteiger partial charge >= 0.3 is 11.9 Å². The molecule has 0 heterocycles. The summed E-state index contributed by atoms with van der Waals surface area (Å²) in [7, 11) is 2.49. The molecule has 0 aromatic carbocycles. The molecule has 5 heteroatoms. The fourth-order valence-corrected chi connectivity index (χ4v) is 1.15. The van der Waals surface area contributed by atoms with E-state index in [9.17, 15) is 14.7 Å². The number of rotatable bonds is 4. The summed E-state index contributed by atoms with van der Waals surface area (Å²) >= 11 is 0. The number of hydrogen-bond donors (Lipinski definition) is 1. The van der Waals surface area contributed by atoms with Crippen LogP contribution < -0.4 is 0 Å². The second-order valence-corrected chi connectivity index (χ2v) is 4.79. The van der Waals surface area contributed by atoms with Crippen LogP contribution in [0, 0.1) is 5.41 Å². The molecule has 0 amide bonds. The largest absolute Gasteiger partial charge is 0.466 e. The summed E-state index contributed by atoms with van der Waals surface area (Å²) in [6.45, 7) is 5.44. The Labute approximate surface area is 107 Å². The number of methoxy groups -OCH3 is 2. The number of esters is 2. The van der Waals surface area contributed by atoms with Crippen LogP contribution in [0.15, 0.2) is 23.8 Å². The Hall–Kier alpha value is -1.62. The van der Waals surface area contributed by atoms with E-state index in [0.717, 1.165) is 12.2 Å². The van der Waals surface area contributed by atoms with Crippen LogP contribution in [0.4, 0.5) is 0 Å². The Bertz CT molecular complexity index is 360. The maximum atomic E-state index is 11.2. The Morgan fingerprint density at radius 3 is 1.94 bits per heavy atom. The molecule has 5 nitrogen and oxygen atoms in total. The zero-order valence-electron chi connectivity index (χ0n) is 11.4. The van der Waals surface area contributed by atoms with Gasteiger partial charge in [-0.2, -0.15) is 0 Å². The highest BCUT2D eigenvalue weighted by Gasteiger charge is 2.25. The fourth-order valence-electron chi connectivity index (χ4n) is 1.15. The maximum Gasteiger partial charge on any atom is 0.330 e. The maximum absolute atomic E-state index is 11.2. The molecule has 1 unspecified atom stereocenters. The number of hydrogen-bond acceptors (Lipinski definition) is 5. The molecule has 0 saturated heterocycles. The molecule has 0 spiro atoms. The van der Waals surface area contributed by atoms with E-state index < -0.39 is 23.5 Å². The average Bonchev–Trinajstić information content (AvgIpc) is 2.31. The van der Waals surface area contributed by atoms with Gasteiger partial charge in [-0.1, -0.05) is 20.8 Å². The van der Waals surface area contributed by atoms with Crippen molar-refractivity contribution in [2.45, 2.75) is 26.9 Å². The summed E-state index contributed by atoms with van der Waals surface area (Å²) < 4.78 is 8.95. The van der Waals surface area contributed by atoms with Crippen molar-refractivity contribution >= 4 is 11.9 Å². The van der Waals surface area contributed by atoms with Crippen molar-refractivity contribution in [3.8, 4) is 0 Å².